The first-order valence-corrected chi connectivity index (χ1v) is 7.72. The van der Waals surface area contributed by atoms with E-state index in [-0.39, 0.29) is 38.6 Å². The zero-order chi connectivity index (χ0) is 19.9. The lowest BCUT2D eigenvalue weighted by Crippen LogP contribution is -2.45. The smallest absolute Gasteiger partial charge is 0.379 e. The maximum atomic E-state index is 13.1. The molecule has 5 nitrogen and oxygen atoms in total. The van der Waals surface area contributed by atoms with Crippen molar-refractivity contribution in [3.8, 4) is 0 Å². The molecule has 0 aromatic carbocycles. The highest BCUT2D eigenvalue weighted by Crippen LogP contribution is 2.37. The van der Waals surface area contributed by atoms with Crippen molar-refractivity contribution >= 4 is 11.9 Å². The number of esters is 2. The van der Waals surface area contributed by atoms with Crippen LogP contribution in [-0.2, 0) is 23.8 Å². The molecule has 0 aliphatic rings. The van der Waals surface area contributed by atoms with Gasteiger partial charge in [0.25, 0.3) is 0 Å². The van der Waals surface area contributed by atoms with Gasteiger partial charge in [-0.15, -0.1) is 0 Å². The number of halogens is 4. The number of carbonyl (C=O) groups is 2. The molecule has 0 saturated carbocycles. The Morgan fingerprint density at radius 2 is 1.64 bits per heavy atom. The van der Waals surface area contributed by atoms with E-state index in [0.717, 1.165) is 6.92 Å². The Labute approximate surface area is 144 Å². The summed E-state index contributed by atoms with van der Waals surface area (Å²) in [6.45, 7) is 7.28. The third-order valence-electron chi connectivity index (χ3n) is 3.19. The van der Waals surface area contributed by atoms with Crippen LogP contribution >= 0.6 is 0 Å². The van der Waals surface area contributed by atoms with Gasteiger partial charge in [0.15, 0.2) is 0 Å². The molecule has 1 atom stereocenters. The van der Waals surface area contributed by atoms with Gasteiger partial charge in [0.1, 0.15) is 0 Å². The Hall–Kier alpha value is -1.64. The van der Waals surface area contributed by atoms with Crippen LogP contribution in [0.1, 0.15) is 47.0 Å². The van der Waals surface area contributed by atoms with Crippen LogP contribution in [0.3, 0.4) is 0 Å². The molecule has 1 unspecified atom stereocenters. The van der Waals surface area contributed by atoms with Crippen molar-refractivity contribution in [2.75, 3.05) is 13.2 Å². The molecule has 0 bridgehead atoms. The van der Waals surface area contributed by atoms with Crippen LogP contribution < -0.4 is 0 Å². The summed E-state index contributed by atoms with van der Waals surface area (Å²) in [6, 6.07) is 0. The first-order chi connectivity index (χ1) is 11.3. The number of alkyl halides is 4. The van der Waals surface area contributed by atoms with Gasteiger partial charge in [-0.3, -0.25) is 0 Å². The maximum absolute atomic E-state index is 13.1. The minimum Gasteiger partial charge on any atom is -0.461 e. The summed E-state index contributed by atoms with van der Waals surface area (Å²) in [4.78, 5) is 23.5. The molecule has 0 fully saturated rings. The van der Waals surface area contributed by atoms with E-state index < -0.39 is 36.0 Å². The molecule has 0 amide bonds. The van der Waals surface area contributed by atoms with E-state index in [9.17, 15) is 27.2 Å². The van der Waals surface area contributed by atoms with Crippen LogP contribution in [0.25, 0.3) is 0 Å². The van der Waals surface area contributed by atoms with Gasteiger partial charge in [-0.1, -0.05) is 6.58 Å². The standard InChI is InChI=1S/C16H24F4O5/c1-6-23-13(22)14(4,25-12(21)11(2)3)24-10-8-7-9-16(19,20)15(5,17)18/h2,6-10H2,1,3-5H3. The van der Waals surface area contributed by atoms with Crippen molar-refractivity contribution in [1.29, 1.82) is 0 Å². The second-order valence-electron chi connectivity index (χ2n) is 5.73. The molecule has 146 valence electrons. The lowest BCUT2D eigenvalue weighted by molar-refractivity contribution is -0.235. The fourth-order valence-corrected chi connectivity index (χ4v) is 1.59. The number of carbonyl (C=O) groups excluding carboxylic acids is 2. The molecular weight excluding hydrogens is 348 g/mol. The van der Waals surface area contributed by atoms with E-state index in [1.54, 1.807) is 0 Å². The molecule has 0 N–H and O–H groups in total. The number of unbranched alkanes of at least 4 members (excludes halogenated alkanes) is 1. The summed E-state index contributed by atoms with van der Waals surface area (Å²) in [5.41, 5.74) is 0.0175. The minimum atomic E-state index is -4.14. The van der Waals surface area contributed by atoms with Crippen LogP contribution in [0.2, 0.25) is 0 Å². The number of hydrogen-bond donors (Lipinski definition) is 0. The van der Waals surface area contributed by atoms with E-state index in [1.165, 1.54) is 13.8 Å². The highest BCUT2D eigenvalue weighted by atomic mass is 19.3. The lowest BCUT2D eigenvalue weighted by Gasteiger charge is -2.27. The monoisotopic (exact) mass is 372 g/mol. The van der Waals surface area contributed by atoms with Gasteiger partial charge in [-0.2, -0.15) is 8.78 Å². The van der Waals surface area contributed by atoms with Crippen LogP contribution in [0.4, 0.5) is 17.6 Å². The molecule has 0 aliphatic heterocycles. The van der Waals surface area contributed by atoms with Gasteiger partial charge in [-0.05, 0) is 26.7 Å². The predicted molar refractivity (Wildman–Crippen MR) is 81.3 cm³/mol. The fraction of sp³-hybridized carbons (Fsp3) is 0.750. The molecule has 0 aromatic heterocycles. The summed E-state index contributed by atoms with van der Waals surface area (Å²) < 4.78 is 66.5. The summed E-state index contributed by atoms with van der Waals surface area (Å²) in [5.74, 6) is -12.2. The van der Waals surface area contributed by atoms with Gasteiger partial charge in [0, 0.05) is 25.8 Å². The molecule has 0 radical (unpaired) electrons. The van der Waals surface area contributed by atoms with E-state index in [0.29, 0.717) is 0 Å². The van der Waals surface area contributed by atoms with Crippen LogP contribution in [0, 0.1) is 0 Å². The zero-order valence-electron chi connectivity index (χ0n) is 14.8. The van der Waals surface area contributed by atoms with Crippen molar-refractivity contribution in [2.45, 2.75) is 64.6 Å². The van der Waals surface area contributed by atoms with E-state index >= 15 is 0 Å². The van der Waals surface area contributed by atoms with Gasteiger partial charge < -0.3 is 14.2 Å². The van der Waals surface area contributed by atoms with Gasteiger partial charge in [0.2, 0.25) is 0 Å². The van der Waals surface area contributed by atoms with E-state index in [2.05, 4.69) is 6.58 Å². The van der Waals surface area contributed by atoms with Crippen molar-refractivity contribution in [3.63, 3.8) is 0 Å². The number of hydrogen-bond acceptors (Lipinski definition) is 5. The van der Waals surface area contributed by atoms with Crippen LogP contribution in [0.15, 0.2) is 12.2 Å². The van der Waals surface area contributed by atoms with Gasteiger partial charge in [-0.25, -0.2) is 18.4 Å². The average Bonchev–Trinajstić information content (AvgIpc) is 2.45. The Balaban J connectivity index is 4.66. The molecule has 0 aromatic rings. The highest BCUT2D eigenvalue weighted by molar-refractivity contribution is 5.90. The quantitative estimate of drug-likeness (QED) is 0.181. The number of rotatable bonds is 11. The second kappa shape index (κ2) is 9.17. The summed E-state index contributed by atoms with van der Waals surface area (Å²) in [5, 5.41) is 0. The molecule has 25 heavy (non-hydrogen) atoms. The largest absolute Gasteiger partial charge is 0.461 e. The second-order valence-corrected chi connectivity index (χ2v) is 5.73. The van der Waals surface area contributed by atoms with Crippen LogP contribution in [0.5, 0.6) is 0 Å². The van der Waals surface area contributed by atoms with Crippen LogP contribution in [-0.4, -0.2) is 42.8 Å². The maximum Gasteiger partial charge on any atom is 0.379 e. The zero-order valence-corrected chi connectivity index (χ0v) is 14.8. The third-order valence-corrected chi connectivity index (χ3v) is 3.19. The summed E-state index contributed by atoms with van der Waals surface area (Å²) in [7, 11) is 0. The topological polar surface area (TPSA) is 61.8 Å². The molecule has 0 rings (SSSR count). The molecule has 0 aliphatic carbocycles. The molecule has 0 saturated heterocycles. The fourth-order valence-electron chi connectivity index (χ4n) is 1.59. The molecular formula is C16H24F4O5. The predicted octanol–water partition coefficient (Wildman–Crippen LogP) is 3.86. The minimum absolute atomic E-state index is 0.000209. The Kier molecular flexibility index (Phi) is 8.57. The Bertz CT molecular complexity index is 487. The Morgan fingerprint density at radius 1 is 1.08 bits per heavy atom. The highest BCUT2D eigenvalue weighted by Gasteiger charge is 2.51. The number of ether oxygens (including phenoxy) is 3. The summed E-state index contributed by atoms with van der Waals surface area (Å²) in [6.07, 6.45) is -1.36. The van der Waals surface area contributed by atoms with Crippen molar-refractivity contribution in [2.24, 2.45) is 0 Å². The SMILES string of the molecule is C=C(C)C(=O)OC(C)(OCCCCC(F)(F)C(C)(F)F)C(=O)OCC. The van der Waals surface area contributed by atoms with E-state index in [1.807, 2.05) is 0 Å². The lowest BCUT2D eigenvalue weighted by atomic mass is 10.1. The normalized spacial score (nSPS) is 14.6. The van der Waals surface area contributed by atoms with Gasteiger partial charge >= 0.3 is 29.6 Å². The Morgan fingerprint density at radius 3 is 2.08 bits per heavy atom. The first kappa shape index (κ1) is 23.4. The van der Waals surface area contributed by atoms with E-state index in [4.69, 9.17) is 14.2 Å². The van der Waals surface area contributed by atoms with Crippen molar-refractivity contribution in [3.05, 3.63) is 12.2 Å². The molecule has 0 heterocycles. The van der Waals surface area contributed by atoms with Crippen molar-refractivity contribution in [1.82, 2.24) is 0 Å². The van der Waals surface area contributed by atoms with Gasteiger partial charge in [0.05, 0.1) is 13.2 Å². The average molecular weight is 372 g/mol. The molecule has 9 heteroatoms. The molecule has 0 spiro atoms. The first-order valence-electron chi connectivity index (χ1n) is 7.72. The van der Waals surface area contributed by atoms with Crippen molar-refractivity contribution < 1.29 is 41.4 Å². The third kappa shape index (κ3) is 7.41. The summed E-state index contributed by atoms with van der Waals surface area (Å²) >= 11 is 0.